The van der Waals surface area contributed by atoms with Crippen molar-refractivity contribution < 1.29 is 26.4 Å². The molecule has 0 radical (unpaired) electrons. The minimum absolute atomic E-state index is 0.373. The molecule has 0 aromatic carbocycles. The molecule has 2 N–H and O–H groups in total. The third-order valence-electron chi connectivity index (χ3n) is 1.12. The van der Waals surface area contributed by atoms with Crippen LogP contribution in [-0.4, -0.2) is 45.6 Å². The van der Waals surface area contributed by atoms with Crippen molar-refractivity contribution in [2.45, 2.75) is 13.1 Å². The van der Waals surface area contributed by atoms with Gasteiger partial charge in [0.1, 0.15) is 10.7 Å². The Labute approximate surface area is 93.7 Å². The minimum atomic E-state index is -2.64. The van der Waals surface area contributed by atoms with E-state index in [4.69, 9.17) is 0 Å². The van der Waals surface area contributed by atoms with Crippen LogP contribution in [0.5, 0.6) is 0 Å². The van der Waals surface area contributed by atoms with E-state index in [9.17, 15) is 26.4 Å². The van der Waals surface area contributed by atoms with E-state index in [0.717, 1.165) is 0 Å². The average molecular weight is 268 g/mol. The lowest BCUT2D eigenvalue weighted by Gasteiger charge is -2.11. The molecule has 0 unspecified atom stereocenters. The van der Waals surface area contributed by atoms with Gasteiger partial charge in [-0.05, 0) is 6.92 Å². The summed E-state index contributed by atoms with van der Waals surface area (Å²) < 4.78 is 40.3. The fourth-order valence-corrected chi connectivity index (χ4v) is 1.19. The van der Waals surface area contributed by atoms with Crippen LogP contribution < -0.4 is 10.6 Å². The van der Waals surface area contributed by atoms with Crippen molar-refractivity contribution in [2.75, 3.05) is 0 Å². The van der Waals surface area contributed by atoms with Gasteiger partial charge in [0, 0.05) is 0 Å². The Kier molecular flexibility index (Phi) is 6.03. The van der Waals surface area contributed by atoms with Crippen LogP contribution in [0.25, 0.3) is 0 Å². The van der Waals surface area contributed by atoms with Crippen molar-refractivity contribution in [1.29, 1.82) is 0 Å². The fraction of sp³-hybridized carbons (Fsp3) is 0.333. The van der Waals surface area contributed by atoms with Crippen LogP contribution in [0, 0.1) is 0 Å². The highest BCUT2D eigenvalue weighted by Gasteiger charge is 2.07. The number of nitrogens with one attached hydrogen (secondary N) is 2. The van der Waals surface area contributed by atoms with Gasteiger partial charge in [0.2, 0.25) is 20.6 Å². The van der Waals surface area contributed by atoms with E-state index in [-0.39, 0.29) is 0 Å². The summed E-state index contributed by atoms with van der Waals surface area (Å²) in [6.07, 6.45) is -0.903. The van der Waals surface area contributed by atoms with Crippen LogP contribution in [-0.2, 0) is 30.2 Å². The Hall–Kier alpha value is -1.68. The van der Waals surface area contributed by atoms with Gasteiger partial charge < -0.3 is 10.6 Å². The zero-order chi connectivity index (χ0) is 12.7. The second-order valence-electron chi connectivity index (χ2n) is 2.50. The Balaban J connectivity index is 4.35. The summed E-state index contributed by atoms with van der Waals surface area (Å²) in [5.74, 6) is -1.85. The first-order valence-electron chi connectivity index (χ1n) is 3.78. The number of carbonyl (C=O) groups is 2. The molecule has 0 spiro atoms. The van der Waals surface area contributed by atoms with Gasteiger partial charge in [0.05, 0.1) is 6.17 Å². The van der Waals surface area contributed by atoms with Crippen molar-refractivity contribution in [3.63, 3.8) is 0 Å². The second-order valence-corrected chi connectivity index (χ2v) is 4.01. The van der Waals surface area contributed by atoms with Gasteiger partial charge in [-0.15, -0.1) is 0 Å². The first kappa shape index (κ1) is 14.3. The normalized spacial score (nSPS) is 9.12. The second kappa shape index (κ2) is 6.74. The van der Waals surface area contributed by atoms with E-state index in [1.54, 1.807) is 0 Å². The summed E-state index contributed by atoms with van der Waals surface area (Å²) in [6, 6.07) is 0. The number of carbonyl (C=O) groups excluding carboxylic acids is 2. The van der Waals surface area contributed by atoms with E-state index >= 15 is 0 Å². The van der Waals surface area contributed by atoms with Crippen LogP contribution >= 0.6 is 0 Å². The Morgan fingerprint density at radius 3 is 1.50 bits per heavy atom. The largest absolute Gasteiger partial charge is 0.332 e. The van der Waals surface area contributed by atoms with Crippen LogP contribution in [0.3, 0.4) is 0 Å². The topological polar surface area (TPSA) is 126 Å². The molecule has 90 valence electrons. The lowest BCUT2D eigenvalue weighted by molar-refractivity contribution is -0.117. The van der Waals surface area contributed by atoms with Crippen LogP contribution in [0.2, 0.25) is 0 Å². The van der Waals surface area contributed by atoms with Gasteiger partial charge in [-0.25, -0.2) is 0 Å². The molecule has 0 aromatic heterocycles. The lowest BCUT2D eigenvalue weighted by atomic mass is 10.5. The zero-order valence-corrected chi connectivity index (χ0v) is 9.63. The maximum atomic E-state index is 10.8. The van der Waals surface area contributed by atoms with E-state index in [2.05, 4.69) is 10.6 Å². The molecular formula is C6H8N2O6S2. The summed E-state index contributed by atoms with van der Waals surface area (Å²) in [5, 5.41) is 4.90. The molecule has 0 rings (SSSR count). The quantitative estimate of drug-likeness (QED) is 0.411. The summed E-state index contributed by atoms with van der Waals surface area (Å²) >= 11 is 0. The molecule has 0 aliphatic carbocycles. The number of hydrogen-bond donors (Lipinski definition) is 2. The molecule has 0 saturated carbocycles. The van der Waals surface area contributed by atoms with Gasteiger partial charge in [0.25, 0.3) is 11.8 Å². The molecule has 0 aromatic rings. The van der Waals surface area contributed by atoms with Crippen LogP contribution in [0.4, 0.5) is 0 Å². The molecule has 2 amide bonds. The van der Waals surface area contributed by atoms with Crippen molar-refractivity contribution >= 4 is 43.1 Å². The SMILES string of the molecule is CC(NC(=O)C=S(=O)=O)NC(=O)C=S(=O)=O. The highest BCUT2D eigenvalue weighted by Crippen LogP contribution is 1.73. The molecule has 0 aliphatic rings. The molecule has 0 heterocycles. The molecule has 0 saturated heterocycles. The standard InChI is InChI=1S/C6H8N2O6S2/c1-4(7-5(9)2-15(11)12)8-6(10)3-16(13)14/h2-4H,1H3,(H,7,9)(H,8,10). The lowest BCUT2D eigenvalue weighted by Crippen LogP contribution is -2.46. The average Bonchev–Trinajstić information content (AvgIpc) is 1.97. The molecule has 0 aliphatic heterocycles. The number of rotatable bonds is 4. The van der Waals surface area contributed by atoms with Crippen molar-refractivity contribution in [2.24, 2.45) is 0 Å². The van der Waals surface area contributed by atoms with Gasteiger partial charge >= 0.3 is 0 Å². The Morgan fingerprint density at radius 1 is 0.938 bits per heavy atom. The fourth-order valence-electron chi connectivity index (χ4n) is 0.706. The van der Waals surface area contributed by atoms with Gasteiger partial charge in [-0.3, -0.25) is 9.59 Å². The van der Waals surface area contributed by atoms with Crippen LogP contribution in [0.15, 0.2) is 0 Å². The molecule has 0 fully saturated rings. The van der Waals surface area contributed by atoms with Crippen molar-refractivity contribution in [3.05, 3.63) is 0 Å². The van der Waals surface area contributed by atoms with Gasteiger partial charge in [0.15, 0.2) is 0 Å². The van der Waals surface area contributed by atoms with Gasteiger partial charge in [-0.2, -0.15) is 16.8 Å². The van der Waals surface area contributed by atoms with Crippen LogP contribution in [0.1, 0.15) is 6.92 Å². The third kappa shape index (κ3) is 7.70. The van der Waals surface area contributed by atoms with Crippen molar-refractivity contribution in [3.8, 4) is 0 Å². The summed E-state index contributed by atoms with van der Waals surface area (Å²) in [5.41, 5.74) is 0. The van der Waals surface area contributed by atoms with Crippen molar-refractivity contribution in [1.82, 2.24) is 10.6 Å². The van der Waals surface area contributed by atoms with E-state index in [0.29, 0.717) is 10.7 Å². The first-order valence-corrected chi connectivity index (χ1v) is 6.05. The Morgan fingerprint density at radius 2 is 1.25 bits per heavy atom. The molecule has 0 atom stereocenters. The molecular weight excluding hydrogens is 260 g/mol. The summed E-state index contributed by atoms with van der Waals surface area (Å²) in [6.45, 7) is 1.33. The molecule has 16 heavy (non-hydrogen) atoms. The van der Waals surface area contributed by atoms with Gasteiger partial charge in [-0.1, -0.05) is 0 Å². The Bertz CT molecular complexity index is 478. The molecule has 8 nitrogen and oxygen atoms in total. The smallest absolute Gasteiger partial charge is 0.261 e. The first-order chi connectivity index (χ1) is 7.31. The predicted octanol–water partition coefficient (Wildman–Crippen LogP) is -3.07. The molecule has 0 bridgehead atoms. The summed E-state index contributed by atoms with van der Waals surface area (Å²) in [7, 11) is -5.28. The number of hydrogen-bond acceptors (Lipinski definition) is 6. The predicted molar refractivity (Wildman–Crippen MR) is 55.7 cm³/mol. The highest BCUT2D eigenvalue weighted by molar-refractivity contribution is 7.73. The maximum absolute atomic E-state index is 10.8. The number of amides is 2. The minimum Gasteiger partial charge on any atom is -0.332 e. The summed E-state index contributed by atoms with van der Waals surface area (Å²) in [4.78, 5) is 21.6. The monoisotopic (exact) mass is 268 g/mol. The zero-order valence-electron chi connectivity index (χ0n) is 8.00. The highest BCUT2D eigenvalue weighted by atomic mass is 32.2. The third-order valence-corrected chi connectivity index (χ3v) is 1.94. The molecule has 10 heteroatoms. The maximum Gasteiger partial charge on any atom is 0.261 e. The van der Waals surface area contributed by atoms with E-state index in [1.807, 2.05) is 0 Å². The van der Waals surface area contributed by atoms with E-state index in [1.165, 1.54) is 6.92 Å². The van der Waals surface area contributed by atoms with E-state index < -0.39 is 38.6 Å².